The van der Waals surface area contributed by atoms with Crippen LogP contribution in [0.2, 0.25) is 0 Å². The Morgan fingerprint density at radius 3 is 1.97 bits per heavy atom. The first-order valence-electron chi connectivity index (χ1n) is 10.5. The normalized spacial score (nSPS) is 14.7. The van der Waals surface area contributed by atoms with Crippen LogP contribution in [0.3, 0.4) is 0 Å². The van der Waals surface area contributed by atoms with E-state index < -0.39 is 0 Å². The van der Waals surface area contributed by atoms with Crippen molar-refractivity contribution in [2.75, 3.05) is 26.2 Å². The summed E-state index contributed by atoms with van der Waals surface area (Å²) in [5.74, 6) is -0.154. The quantitative estimate of drug-likeness (QED) is 0.693. The van der Waals surface area contributed by atoms with E-state index in [0.717, 1.165) is 19.2 Å². The summed E-state index contributed by atoms with van der Waals surface area (Å²) in [6.07, 6.45) is 0. The van der Waals surface area contributed by atoms with Gasteiger partial charge in [0.15, 0.2) is 0 Å². The van der Waals surface area contributed by atoms with Crippen molar-refractivity contribution in [1.82, 2.24) is 14.4 Å². The molecule has 0 aliphatic carbocycles. The summed E-state index contributed by atoms with van der Waals surface area (Å²) < 4.78 is 1.41. The van der Waals surface area contributed by atoms with Gasteiger partial charge in [0.05, 0.1) is 6.04 Å². The fourth-order valence-electron chi connectivity index (χ4n) is 4.26. The topological polar surface area (TPSA) is 65.8 Å². The molecule has 6 heteroatoms. The fraction of sp³-hybridized carbons (Fsp3) is 0.280. The second-order valence-corrected chi connectivity index (χ2v) is 7.92. The number of hydrogen-bond acceptors (Lipinski definition) is 4. The predicted octanol–water partition coefficient (Wildman–Crippen LogP) is 2.80. The molecule has 1 aliphatic heterocycles. The maximum absolute atomic E-state index is 12.9. The van der Waals surface area contributed by atoms with Crippen LogP contribution in [-0.2, 0) is 11.3 Å². The van der Waals surface area contributed by atoms with Crippen LogP contribution >= 0.6 is 0 Å². The minimum absolute atomic E-state index is 0.00819. The first-order chi connectivity index (χ1) is 15.0. The van der Waals surface area contributed by atoms with Gasteiger partial charge in [0.1, 0.15) is 12.3 Å². The van der Waals surface area contributed by atoms with Crippen molar-refractivity contribution < 1.29 is 9.90 Å². The molecule has 6 nitrogen and oxygen atoms in total. The molecule has 0 spiro atoms. The molecular weight excluding hydrogens is 390 g/mol. The van der Waals surface area contributed by atoms with E-state index in [2.05, 4.69) is 53.4 Å². The Labute approximate surface area is 182 Å². The number of aromatic nitrogens is 1. The lowest BCUT2D eigenvalue weighted by atomic mass is 9.96. The van der Waals surface area contributed by atoms with E-state index in [-0.39, 0.29) is 29.8 Å². The minimum atomic E-state index is -0.363. The van der Waals surface area contributed by atoms with Crippen molar-refractivity contribution in [2.45, 2.75) is 19.5 Å². The highest BCUT2D eigenvalue weighted by Crippen LogP contribution is 2.29. The lowest BCUT2D eigenvalue weighted by molar-refractivity contribution is -0.133. The number of hydrogen-bond donors (Lipinski definition) is 1. The average molecular weight is 418 g/mol. The van der Waals surface area contributed by atoms with Gasteiger partial charge in [-0.3, -0.25) is 14.5 Å². The van der Waals surface area contributed by atoms with Crippen LogP contribution in [0.25, 0.3) is 0 Å². The number of pyridine rings is 1. The molecule has 1 N–H and O–H groups in total. The van der Waals surface area contributed by atoms with Gasteiger partial charge in [-0.2, -0.15) is 0 Å². The van der Waals surface area contributed by atoms with E-state index in [1.807, 2.05) is 17.0 Å². The van der Waals surface area contributed by atoms with Crippen LogP contribution in [0.15, 0.2) is 77.6 Å². The van der Waals surface area contributed by atoms with Gasteiger partial charge >= 0.3 is 0 Å². The van der Waals surface area contributed by atoms with Gasteiger partial charge in [0.2, 0.25) is 5.91 Å². The zero-order chi connectivity index (χ0) is 21.8. The maximum Gasteiger partial charge on any atom is 0.254 e. The second-order valence-electron chi connectivity index (χ2n) is 7.92. The highest BCUT2D eigenvalue weighted by atomic mass is 16.3. The number of benzene rings is 2. The van der Waals surface area contributed by atoms with Gasteiger partial charge in [-0.15, -0.1) is 0 Å². The van der Waals surface area contributed by atoms with E-state index in [4.69, 9.17) is 0 Å². The number of rotatable bonds is 5. The Bertz CT molecular complexity index is 1050. The molecule has 0 saturated carbocycles. The van der Waals surface area contributed by atoms with E-state index in [0.29, 0.717) is 18.8 Å². The number of nitrogens with zero attached hydrogens (tertiary/aromatic N) is 3. The summed E-state index contributed by atoms with van der Waals surface area (Å²) in [4.78, 5) is 29.2. The molecule has 1 aliphatic rings. The first kappa shape index (κ1) is 20.9. The summed E-state index contributed by atoms with van der Waals surface area (Å²) in [6, 6.07) is 23.7. The van der Waals surface area contributed by atoms with Crippen molar-refractivity contribution in [3.8, 4) is 5.75 Å². The first-order valence-corrected chi connectivity index (χ1v) is 10.5. The Balaban J connectivity index is 1.47. The van der Waals surface area contributed by atoms with E-state index in [1.165, 1.54) is 21.8 Å². The predicted molar refractivity (Wildman–Crippen MR) is 120 cm³/mol. The molecule has 1 saturated heterocycles. The van der Waals surface area contributed by atoms with Crippen LogP contribution in [0.5, 0.6) is 5.75 Å². The van der Waals surface area contributed by atoms with Gasteiger partial charge in [-0.25, -0.2) is 0 Å². The standard InChI is InChI=1S/C25H27N3O3/c1-19-16-22(29)17-23(30)28(19)18-24(31)26-12-14-27(15-13-26)25(20-8-4-2-5-9-20)21-10-6-3-7-11-21/h2-11,16-17,25,29H,12-15,18H2,1H3. The molecule has 2 aromatic carbocycles. The van der Waals surface area contributed by atoms with Crippen LogP contribution in [0.1, 0.15) is 22.9 Å². The molecule has 0 unspecified atom stereocenters. The fourth-order valence-corrected chi connectivity index (χ4v) is 4.26. The highest BCUT2D eigenvalue weighted by molar-refractivity contribution is 5.76. The molecule has 1 fully saturated rings. The van der Waals surface area contributed by atoms with Gasteiger partial charge in [0, 0.05) is 37.9 Å². The number of aryl methyl sites for hydroxylation is 1. The molecule has 1 amide bonds. The molecular formula is C25H27N3O3. The Morgan fingerprint density at radius 2 is 1.45 bits per heavy atom. The molecule has 0 bridgehead atoms. The van der Waals surface area contributed by atoms with Crippen molar-refractivity contribution in [1.29, 1.82) is 0 Å². The molecule has 31 heavy (non-hydrogen) atoms. The van der Waals surface area contributed by atoms with E-state index in [9.17, 15) is 14.7 Å². The second kappa shape index (κ2) is 9.18. The lowest BCUT2D eigenvalue weighted by Crippen LogP contribution is -2.51. The summed E-state index contributed by atoms with van der Waals surface area (Å²) in [7, 11) is 0. The van der Waals surface area contributed by atoms with Crippen molar-refractivity contribution in [2.24, 2.45) is 0 Å². The number of aromatic hydroxyl groups is 1. The smallest absolute Gasteiger partial charge is 0.254 e. The van der Waals surface area contributed by atoms with Gasteiger partial charge in [-0.1, -0.05) is 60.7 Å². The molecule has 1 aromatic heterocycles. The summed E-state index contributed by atoms with van der Waals surface area (Å²) in [5.41, 5.74) is 2.68. The third-order valence-corrected chi connectivity index (χ3v) is 5.88. The Morgan fingerprint density at radius 1 is 0.903 bits per heavy atom. The van der Waals surface area contributed by atoms with Crippen molar-refractivity contribution in [3.63, 3.8) is 0 Å². The van der Waals surface area contributed by atoms with Crippen LogP contribution < -0.4 is 5.56 Å². The van der Waals surface area contributed by atoms with Crippen LogP contribution in [0.4, 0.5) is 0 Å². The molecule has 4 rings (SSSR count). The molecule has 0 atom stereocenters. The van der Waals surface area contributed by atoms with Crippen LogP contribution in [0, 0.1) is 6.92 Å². The zero-order valence-electron chi connectivity index (χ0n) is 17.6. The zero-order valence-corrected chi connectivity index (χ0v) is 17.6. The van der Waals surface area contributed by atoms with Crippen molar-refractivity contribution in [3.05, 3.63) is 100.0 Å². The molecule has 160 valence electrons. The van der Waals surface area contributed by atoms with E-state index in [1.54, 1.807) is 6.92 Å². The Kier molecular flexibility index (Phi) is 6.18. The number of carbonyl (C=O) groups is 1. The van der Waals surface area contributed by atoms with Gasteiger partial charge in [0.25, 0.3) is 5.56 Å². The SMILES string of the molecule is Cc1cc(O)cc(=O)n1CC(=O)N1CCN(C(c2ccccc2)c2ccccc2)CC1. The highest BCUT2D eigenvalue weighted by Gasteiger charge is 2.28. The third-order valence-electron chi connectivity index (χ3n) is 5.88. The summed E-state index contributed by atoms with van der Waals surface area (Å²) in [5, 5.41) is 9.56. The number of carbonyl (C=O) groups excluding carboxylic acids is 1. The maximum atomic E-state index is 12.9. The minimum Gasteiger partial charge on any atom is -0.508 e. The summed E-state index contributed by atoms with van der Waals surface area (Å²) in [6.45, 7) is 4.44. The lowest BCUT2D eigenvalue weighted by Gasteiger charge is -2.40. The third kappa shape index (κ3) is 4.70. The van der Waals surface area contributed by atoms with Crippen LogP contribution in [-0.4, -0.2) is 51.6 Å². The monoisotopic (exact) mass is 417 g/mol. The Hall–Kier alpha value is -3.38. The number of amides is 1. The summed E-state index contributed by atoms with van der Waals surface area (Å²) >= 11 is 0. The van der Waals surface area contributed by atoms with Gasteiger partial charge in [-0.05, 0) is 24.1 Å². The molecule has 2 heterocycles. The molecule has 3 aromatic rings. The number of piperazine rings is 1. The average Bonchev–Trinajstić information content (AvgIpc) is 2.78. The molecule has 0 radical (unpaired) electrons. The van der Waals surface area contributed by atoms with Gasteiger partial charge < -0.3 is 14.6 Å². The van der Waals surface area contributed by atoms with Crippen molar-refractivity contribution >= 4 is 5.91 Å². The van der Waals surface area contributed by atoms with E-state index >= 15 is 0 Å². The largest absolute Gasteiger partial charge is 0.508 e.